The van der Waals surface area contributed by atoms with Crippen LogP contribution in [0.25, 0.3) is 0 Å². The van der Waals surface area contributed by atoms with Crippen molar-refractivity contribution >= 4 is 55.3 Å². The third-order valence-electron chi connectivity index (χ3n) is 3.34. The lowest BCUT2D eigenvalue weighted by Crippen LogP contribution is -2.35. The Balaban J connectivity index is 1.77. The van der Waals surface area contributed by atoms with Crippen LogP contribution in [0.3, 0.4) is 0 Å². The highest BCUT2D eigenvalue weighted by atomic mass is 79.9. The second-order valence-electron chi connectivity index (χ2n) is 5.34. The molecule has 0 aliphatic rings. The quantitative estimate of drug-likeness (QED) is 0.616. The fourth-order valence-electron chi connectivity index (χ4n) is 2.03. The van der Waals surface area contributed by atoms with E-state index < -0.39 is 18.5 Å². The van der Waals surface area contributed by atoms with Gasteiger partial charge in [0.15, 0.2) is 6.61 Å². The first-order valence-corrected chi connectivity index (χ1v) is 9.20. The van der Waals surface area contributed by atoms with Crippen LogP contribution in [0.15, 0.2) is 51.4 Å². The van der Waals surface area contributed by atoms with E-state index in [0.29, 0.717) is 15.7 Å². The Bertz CT molecular complexity index is 840. The predicted molar refractivity (Wildman–Crippen MR) is 105 cm³/mol. The summed E-state index contributed by atoms with van der Waals surface area (Å²) < 4.78 is 6.42. The molecule has 6 nitrogen and oxygen atoms in total. The van der Waals surface area contributed by atoms with E-state index in [9.17, 15) is 14.4 Å². The zero-order valence-electron chi connectivity index (χ0n) is 13.8. The number of anilines is 1. The number of hydrogen-bond acceptors (Lipinski definition) is 4. The summed E-state index contributed by atoms with van der Waals surface area (Å²) in [5, 5.41) is 5.11. The lowest BCUT2D eigenvalue weighted by Gasteiger charge is -2.10. The molecule has 0 heterocycles. The number of aryl methyl sites for hydroxylation is 1. The van der Waals surface area contributed by atoms with Crippen LogP contribution in [0.1, 0.15) is 15.9 Å². The SMILES string of the molecule is Cc1cc(Br)ccc1NC(=O)CNC(=O)COC(=O)c1ccccc1Br. The lowest BCUT2D eigenvalue weighted by molar-refractivity contribution is -0.126. The zero-order valence-corrected chi connectivity index (χ0v) is 17.0. The molecular formula is C18H16Br2N2O4. The summed E-state index contributed by atoms with van der Waals surface area (Å²) in [5.74, 6) is -1.56. The van der Waals surface area contributed by atoms with Gasteiger partial charge in [0.1, 0.15) is 0 Å². The first-order valence-electron chi connectivity index (χ1n) is 7.61. The van der Waals surface area contributed by atoms with Gasteiger partial charge in [0.05, 0.1) is 12.1 Å². The van der Waals surface area contributed by atoms with E-state index in [1.165, 1.54) is 0 Å². The van der Waals surface area contributed by atoms with E-state index in [1.54, 1.807) is 30.3 Å². The van der Waals surface area contributed by atoms with Crippen molar-refractivity contribution in [2.75, 3.05) is 18.5 Å². The highest BCUT2D eigenvalue weighted by Crippen LogP contribution is 2.19. The van der Waals surface area contributed by atoms with Crippen molar-refractivity contribution in [3.05, 3.63) is 62.5 Å². The number of esters is 1. The van der Waals surface area contributed by atoms with E-state index >= 15 is 0 Å². The smallest absolute Gasteiger partial charge is 0.339 e. The van der Waals surface area contributed by atoms with Crippen molar-refractivity contribution in [3.8, 4) is 0 Å². The molecular weight excluding hydrogens is 468 g/mol. The first-order chi connectivity index (χ1) is 12.4. The summed E-state index contributed by atoms with van der Waals surface area (Å²) in [6.07, 6.45) is 0. The molecule has 2 rings (SSSR count). The number of nitrogens with one attached hydrogen (secondary N) is 2. The maximum absolute atomic E-state index is 11.9. The largest absolute Gasteiger partial charge is 0.452 e. The van der Waals surface area contributed by atoms with Crippen LogP contribution in [0.5, 0.6) is 0 Å². The minimum Gasteiger partial charge on any atom is -0.452 e. The molecule has 0 spiro atoms. The maximum atomic E-state index is 11.9. The lowest BCUT2D eigenvalue weighted by atomic mass is 10.2. The third-order valence-corrected chi connectivity index (χ3v) is 4.52. The van der Waals surface area contributed by atoms with Gasteiger partial charge in [-0.3, -0.25) is 9.59 Å². The molecule has 0 bridgehead atoms. The monoisotopic (exact) mass is 482 g/mol. The average Bonchev–Trinajstić information content (AvgIpc) is 2.60. The highest BCUT2D eigenvalue weighted by Gasteiger charge is 2.13. The number of carbonyl (C=O) groups excluding carboxylic acids is 3. The van der Waals surface area contributed by atoms with Crippen molar-refractivity contribution < 1.29 is 19.1 Å². The van der Waals surface area contributed by atoms with Gasteiger partial charge in [0.25, 0.3) is 5.91 Å². The number of hydrogen-bond donors (Lipinski definition) is 2. The highest BCUT2D eigenvalue weighted by molar-refractivity contribution is 9.10. The third kappa shape index (κ3) is 5.96. The van der Waals surface area contributed by atoms with Gasteiger partial charge in [-0.05, 0) is 58.7 Å². The van der Waals surface area contributed by atoms with Gasteiger partial charge in [0.2, 0.25) is 5.91 Å². The Labute approximate surface area is 167 Å². The van der Waals surface area contributed by atoms with Crippen molar-refractivity contribution in [1.29, 1.82) is 0 Å². The fraction of sp³-hybridized carbons (Fsp3) is 0.167. The van der Waals surface area contributed by atoms with Crippen LogP contribution in [-0.4, -0.2) is 30.9 Å². The normalized spacial score (nSPS) is 10.1. The van der Waals surface area contributed by atoms with Crippen LogP contribution in [0, 0.1) is 6.92 Å². The van der Waals surface area contributed by atoms with Crippen LogP contribution >= 0.6 is 31.9 Å². The van der Waals surface area contributed by atoms with E-state index in [0.717, 1.165) is 10.0 Å². The summed E-state index contributed by atoms with van der Waals surface area (Å²) in [5.41, 5.74) is 1.87. The van der Waals surface area contributed by atoms with Crippen LogP contribution in [0.2, 0.25) is 0 Å². The second kappa shape index (κ2) is 9.49. The molecule has 0 radical (unpaired) electrons. The molecule has 2 amide bonds. The molecule has 0 unspecified atom stereocenters. The second-order valence-corrected chi connectivity index (χ2v) is 7.11. The van der Waals surface area contributed by atoms with Crippen LogP contribution in [-0.2, 0) is 14.3 Å². The van der Waals surface area contributed by atoms with Gasteiger partial charge >= 0.3 is 5.97 Å². The molecule has 0 aliphatic heterocycles. The standard InChI is InChI=1S/C18H16Br2N2O4/c1-11-8-12(19)6-7-15(11)22-16(23)9-21-17(24)10-26-18(25)13-4-2-3-5-14(13)20/h2-8H,9-10H2,1H3,(H,21,24)(H,22,23). The molecule has 0 aliphatic carbocycles. The molecule has 0 fully saturated rings. The van der Waals surface area contributed by atoms with Gasteiger partial charge in [-0.1, -0.05) is 28.1 Å². The molecule has 2 aromatic rings. The number of carbonyl (C=O) groups is 3. The minimum atomic E-state index is -0.623. The maximum Gasteiger partial charge on any atom is 0.339 e. The number of halogens is 2. The van der Waals surface area contributed by atoms with Gasteiger partial charge in [-0.2, -0.15) is 0 Å². The van der Waals surface area contributed by atoms with Crippen LogP contribution < -0.4 is 10.6 Å². The molecule has 2 aromatic carbocycles. The molecule has 26 heavy (non-hydrogen) atoms. The van der Waals surface area contributed by atoms with E-state index in [4.69, 9.17) is 4.74 Å². The van der Waals surface area contributed by atoms with Gasteiger partial charge in [0, 0.05) is 14.6 Å². The van der Waals surface area contributed by atoms with Gasteiger partial charge in [-0.25, -0.2) is 4.79 Å². The molecule has 2 N–H and O–H groups in total. The van der Waals surface area contributed by atoms with Crippen molar-refractivity contribution in [1.82, 2.24) is 5.32 Å². The minimum absolute atomic E-state index is 0.221. The van der Waals surface area contributed by atoms with Crippen LogP contribution in [0.4, 0.5) is 5.69 Å². The molecule has 0 saturated carbocycles. The zero-order chi connectivity index (χ0) is 19.1. The molecule has 8 heteroatoms. The Morgan fingerprint density at radius 1 is 1.04 bits per heavy atom. The van der Waals surface area contributed by atoms with E-state index in [1.807, 2.05) is 19.1 Å². The Kier molecular flexibility index (Phi) is 7.35. The average molecular weight is 484 g/mol. The molecule has 136 valence electrons. The van der Waals surface area contributed by atoms with Gasteiger partial charge in [-0.15, -0.1) is 0 Å². The molecule has 0 aromatic heterocycles. The number of amides is 2. The van der Waals surface area contributed by atoms with E-state index in [2.05, 4.69) is 42.5 Å². The first kappa shape index (κ1) is 20.1. The Morgan fingerprint density at radius 2 is 1.77 bits per heavy atom. The summed E-state index contributed by atoms with van der Waals surface area (Å²) in [6.45, 7) is 1.17. The summed E-state index contributed by atoms with van der Waals surface area (Å²) in [7, 11) is 0. The Hall–Kier alpha value is -2.19. The van der Waals surface area contributed by atoms with Crippen molar-refractivity contribution in [2.45, 2.75) is 6.92 Å². The summed E-state index contributed by atoms with van der Waals surface area (Å²) in [6, 6.07) is 12.2. The summed E-state index contributed by atoms with van der Waals surface area (Å²) in [4.78, 5) is 35.6. The molecule has 0 atom stereocenters. The fourth-order valence-corrected chi connectivity index (χ4v) is 2.95. The topological polar surface area (TPSA) is 84.5 Å². The number of ether oxygens (including phenoxy) is 1. The Morgan fingerprint density at radius 3 is 2.46 bits per heavy atom. The summed E-state index contributed by atoms with van der Waals surface area (Å²) >= 11 is 6.59. The molecule has 0 saturated heterocycles. The van der Waals surface area contributed by atoms with Crippen molar-refractivity contribution in [2.24, 2.45) is 0 Å². The predicted octanol–water partition coefficient (Wildman–Crippen LogP) is 3.43. The van der Waals surface area contributed by atoms with E-state index in [-0.39, 0.29) is 12.5 Å². The number of benzene rings is 2. The van der Waals surface area contributed by atoms with Crippen molar-refractivity contribution in [3.63, 3.8) is 0 Å². The van der Waals surface area contributed by atoms with Gasteiger partial charge < -0.3 is 15.4 Å². The number of rotatable bonds is 6.